The van der Waals surface area contributed by atoms with Crippen LogP contribution in [0.5, 0.6) is 17.2 Å². The van der Waals surface area contributed by atoms with Gasteiger partial charge in [-0.3, -0.25) is 9.69 Å². The average molecular weight is 516 g/mol. The van der Waals surface area contributed by atoms with Crippen molar-refractivity contribution in [2.24, 2.45) is 5.92 Å². The summed E-state index contributed by atoms with van der Waals surface area (Å²) in [6.07, 6.45) is 6.85. The number of methoxy groups -OCH3 is 3. The number of carboxylic acids is 1. The van der Waals surface area contributed by atoms with E-state index >= 15 is 0 Å². The molecule has 1 heterocycles. The second-order valence-corrected chi connectivity index (χ2v) is 9.79. The van der Waals surface area contributed by atoms with Crippen LogP contribution in [0.1, 0.15) is 29.5 Å². The quantitative estimate of drug-likeness (QED) is 0.336. The zero-order chi connectivity index (χ0) is 27.0. The lowest BCUT2D eigenvalue weighted by Gasteiger charge is -2.34. The lowest BCUT2D eigenvalue weighted by atomic mass is 9.70. The molecule has 1 N–H and O–H groups in total. The number of likely N-dealkylation sites (tertiary alicyclic amines) is 1. The highest BCUT2D eigenvalue weighted by molar-refractivity contribution is 5.70. The Labute approximate surface area is 225 Å². The number of benzene rings is 3. The Bertz CT molecular complexity index is 1150. The molecule has 200 valence electrons. The molecule has 0 amide bonds. The predicted octanol–water partition coefficient (Wildman–Crippen LogP) is 5.59. The Morgan fingerprint density at radius 3 is 1.84 bits per heavy atom. The number of carboxylic acid groups (broad SMARTS) is 1. The minimum Gasteiger partial charge on any atom is -0.497 e. The van der Waals surface area contributed by atoms with Crippen molar-refractivity contribution in [3.05, 3.63) is 102 Å². The van der Waals surface area contributed by atoms with E-state index in [2.05, 4.69) is 53.5 Å². The number of ether oxygens (including phenoxy) is 3. The highest BCUT2D eigenvalue weighted by atomic mass is 16.5. The molecule has 1 aliphatic heterocycles. The number of allylic oxidation sites excluding steroid dienone is 1. The standard InChI is InChI=1S/C32H37NO5/c1-36-28-13-7-24(8-14-28)22-32(26-9-15-29(37-2)16-10-26,27-11-17-30(38-3)18-12-27)19-5-21-33-20-4-6-25(23-33)31(34)35/h5,7-19,25H,4,6,20-23H2,1-3H3,(H,34,35)/b19-5-. The zero-order valence-corrected chi connectivity index (χ0v) is 22.4. The van der Waals surface area contributed by atoms with Crippen LogP contribution >= 0.6 is 0 Å². The van der Waals surface area contributed by atoms with E-state index in [9.17, 15) is 9.90 Å². The Balaban J connectivity index is 1.76. The molecule has 38 heavy (non-hydrogen) atoms. The Kier molecular flexibility index (Phi) is 9.08. The van der Waals surface area contributed by atoms with Crippen LogP contribution in [-0.4, -0.2) is 56.9 Å². The van der Waals surface area contributed by atoms with E-state index in [4.69, 9.17) is 14.2 Å². The fourth-order valence-electron chi connectivity index (χ4n) is 5.29. The fourth-order valence-corrected chi connectivity index (χ4v) is 5.29. The average Bonchev–Trinajstić information content (AvgIpc) is 2.97. The molecule has 0 radical (unpaired) electrons. The molecule has 6 heteroatoms. The molecule has 0 bridgehead atoms. The number of rotatable bonds is 11. The lowest BCUT2D eigenvalue weighted by molar-refractivity contribution is -0.143. The summed E-state index contributed by atoms with van der Waals surface area (Å²) >= 11 is 0. The number of carbonyl (C=O) groups is 1. The highest BCUT2D eigenvalue weighted by Gasteiger charge is 2.33. The van der Waals surface area contributed by atoms with Crippen LogP contribution in [0.4, 0.5) is 0 Å². The Hall–Kier alpha value is -3.77. The van der Waals surface area contributed by atoms with Gasteiger partial charge in [0.25, 0.3) is 0 Å². The zero-order valence-electron chi connectivity index (χ0n) is 22.4. The van der Waals surface area contributed by atoms with Crippen LogP contribution in [0.3, 0.4) is 0 Å². The maximum atomic E-state index is 11.6. The van der Waals surface area contributed by atoms with E-state index in [0.717, 1.165) is 54.2 Å². The first-order valence-corrected chi connectivity index (χ1v) is 13.0. The second kappa shape index (κ2) is 12.7. The van der Waals surface area contributed by atoms with Crippen molar-refractivity contribution >= 4 is 5.97 Å². The van der Waals surface area contributed by atoms with Gasteiger partial charge in [0, 0.05) is 18.5 Å². The third-order valence-corrected chi connectivity index (χ3v) is 7.47. The summed E-state index contributed by atoms with van der Waals surface area (Å²) in [5.74, 6) is 1.42. The van der Waals surface area contributed by atoms with Crippen molar-refractivity contribution in [1.82, 2.24) is 4.90 Å². The van der Waals surface area contributed by atoms with Crippen molar-refractivity contribution in [1.29, 1.82) is 0 Å². The van der Waals surface area contributed by atoms with E-state index in [-0.39, 0.29) is 5.92 Å². The van der Waals surface area contributed by atoms with Gasteiger partial charge in [0.1, 0.15) is 17.2 Å². The van der Waals surface area contributed by atoms with Gasteiger partial charge in [-0.25, -0.2) is 0 Å². The molecular formula is C32H37NO5. The number of piperidine rings is 1. The first-order valence-electron chi connectivity index (χ1n) is 13.0. The summed E-state index contributed by atoms with van der Waals surface area (Å²) in [5, 5.41) is 9.52. The van der Waals surface area contributed by atoms with Gasteiger partial charge in [-0.15, -0.1) is 0 Å². The highest BCUT2D eigenvalue weighted by Crippen LogP contribution is 2.39. The van der Waals surface area contributed by atoms with Crippen molar-refractivity contribution < 1.29 is 24.1 Å². The summed E-state index contributed by atoms with van der Waals surface area (Å²) in [6.45, 7) is 2.18. The van der Waals surface area contributed by atoms with Crippen LogP contribution in [-0.2, 0) is 16.6 Å². The molecule has 1 aliphatic rings. The molecular weight excluding hydrogens is 478 g/mol. The van der Waals surface area contributed by atoms with E-state index in [1.807, 2.05) is 36.4 Å². The molecule has 4 rings (SSSR count). The van der Waals surface area contributed by atoms with Gasteiger partial charge in [-0.2, -0.15) is 0 Å². The predicted molar refractivity (Wildman–Crippen MR) is 149 cm³/mol. The third-order valence-electron chi connectivity index (χ3n) is 7.47. The Morgan fingerprint density at radius 1 is 0.868 bits per heavy atom. The van der Waals surface area contributed by atoms with Crippen LogP contribution in [0.15, 0.2) is 84.9 Å². The van der Waals surface area contributed by atoms with E-state index < -0.39 is 11.4 Å². The van der Waals surface area contributed by atoms with Gasteiger partial charge in [0.15, 0.2) is 0 Å². The minimum atomic E-state index is -0.705. The van der Waals surface area contributed by atoms with Gasteiger partial charge >= 0.3 is 5.97 Å². The van der Waals surface area contributed by atoms with Gasteiger partial charge in [0.2, 0.25) is 0 Å². The number of aliphatic carboxylic acids is 1. The molecule has 6 nitrogen and oxygen atoms in total. The smallest absolute Gasteiger partial charge is 0.307 e. The molecule has 1 saturated heterocycles. The minimum absolute atomic E-state index is 0.301. The summed E-state index contributed by atoms with van der Waals surface area (Å²) in [5.41, 5.74) is 2.97. The molecule has 1 unspecified atom stereocenters. The van der Waals surface area contributed by atoms with Crippen LogP contribution < -0.4 is 14.2 Å². The lowest BCUT2D eigenvalue weighted by Crippen LogP contribution is -2.39. The van der Waals surface area contributed by atoms with Gasteiger partial charge < -0.3 is 19.3 Å². The van der Waals surface area contributed by atoms with E-state index in [1.165, 1.54) is 5.56 Å². The molecule has 3 aromatic carbocycles. The van der Waals surface area contributed by atoms with Crippen molar-refractivity contribution in [3.8, 4) is 17.2 Å². The fraction of sp³-hybridized carbons (Fsp3) is 0.344. The molecule has 0 aliphatic carbocycles. The monoisotopic (exact) mass is 515 g/mol. The van der Waals surface area contributed by atoms with Gasteiger partial charge in [-0.1, -0.05) is 48.6 Å². The first kappa shape index (κ1) is 27.3. The number of nitrogens with zero attached hydrogens (tertiary/aromatic N) is 1. The first-order chi connectivity index (χ1) is 18.5. The summed E-state index contributed by atoms with van der Waals surface area (Å²) in [7, 11) is 5.02. The molecule has 0 spiro atoms. The topological polar surface area (TPSA) is 68.2 Å². The summed E-state index contributed by atoms with van der Waals surface area (Å²) in [4.78, 5) is 13.8. The van der Waals surface area contributed by atoms with E-state index in [1.54, 1.807) is 21.3 Å². The molecule has 0 saturated carbocycles. The normalized spacial score (nSPS) is 16.3. The summed E-state index contributed by atoms with van der Waals surface area (Å²) < 4.78 is 16.3. The molecule has 0 aromatic heterocycles. The third kappa shape index (κ3) is 6.37. The number of hydrogen-bond donors (Lipinski definition) is 1. The molecule has 1 atom stereocenters. The largest absolute Gasteiger partial charge is 0.497 e. The van der Waals surface area contributed by atoms with Gasteiger partial charge in [-0.05, 0) is 78.9 Å². The SMILES string of the molecule is COc1ccc(CC(/C=C\CN2CCCC(C(=O)O)C2)(c2ccc(OC)cc2)c2ccc(OC)cc2)cc1. The molecule has 3 aromatic rings. The summed E-state index contributed by atoms with van der Waals surface area (Å²) in [6, 6.07) is 24.7. The number of hydrogen-bond acceptors (Lipinski definition) is 5. The van der Waals surface area contributed by atoms with Crippen molar-refractivity contribution in [3.63, 3.8) is 0 Å². The maximum Gasteiger partial charge on any atom is 0.307 e. The van der Waals surface area contributed by atoms with Crippen molar-refractivity contribution in [2.75, 3.05) is 41.0 Å². The van der Waals surface area contributed by atoms with Crippen LogP contribution in [0.25, 0.3) is 0 Å². The van der Waals surface area contributed by atoms with Gasteiger partial charge in [0.05, 0.1) is 27.2 Å². The van der Waals surface area contributed by atoms with Crippen molar-refractivity contribution in [2.45, 2.75) is 24.7 Å². The van der Waals surface area contributed by atoms with E-state index in [0.29, 0.717) is 13.1 Å². The maximum absolute atomic E-state index is 11.6. The van der Waals surface area contributed by atoms with Crippen LogP contribution in [0, 0.1) is 5.92 Å². The van der Waals surface area contributed by atoms with Crippen LogP contribution in [0.2, 0.25) is 0 Å². The molecule has 1 fully saturated rings. The Morgan fingerprint density at radius 2 is 1.37 bits per heavy atom. The second-order valence-electron chi connectivity index (χ2n) is 9.79.